The van der Waals surface area contributed by atoms with E-state index in [4.69, 9.17) is 5.73 Å². The minimum atomic E-state index is -0.862. The van der Waals surface area contributed by atoms with Crippen LogP contribution in [0, 0.1) is 5.82 Å². The Morgan fingerprint density at radius 2 is 2.00 bits per heavy atom. The Bertz CT molecular complexity index is 287. The van der Waals surface area contributed by atoms with Gasteiger partial charge in [0.05, 0.1) is 5.60 Å². The second-order valence-electron chi connectivity index (χ2n) is 3.44. The van der Waals surface area contributed by atoms with Crippen molar-refractivity contribution in [1.82, 2.24) is 0 Å². The average Bonchev–Trinajstić information content (AvgIpc) is 2.17. The Kier molecular flexibility index (Phi) is 3.92. The molecule has 14 heavy (non-hydrogen) atoms. The first-order chi connectivity index (χ1) is 6.53. The van der Waals surface area contributed by atoms with Crippen molar-refractivity contribution in [3.63, 3.8) is 0 Å². The summed E-state index contributed by atoms with van der Waals surface area (Å²) in [6, 6.07) is 6.18. The smallest absolute Gasteiger partial charge is 0.123 e. The summed E-state index contributed by atoms with van der Waals surface area (Å²) in [7, 11) is 0. The zero-order chi connectivity index (χ0) is 10.6. The van der Waals surface area contributed by atoms with E-state index in [1.807, 2.05) is 0 Å². The topological polar surface area (TPSA) is 46.2 Å². The molecule has 0 fully saturated rings. The molecule has 0 aliphatic carbocycles. The van der Waals surface area contributed by atoms with Crippen LogP contribution in [0.1, 0.15) is 6.92 Å². The third kappa shape index (κ3) is 3.65. The fraction of sp³-hybridized carbons (Fsp3) is 0.400. The van der Waals surface area contributed by atoms with Crippen molar-refractivity contribution in [3.05, 3.63) is 30.1 Å². The summed E-state index contributed by atoms with van der Waals surface area (Å²) in [5.41, 5.74) is 4.51. The van der Waals surface area contributed by atoms with Gasteiger partial charge in [-0.25, -0.2) is 4.39 Å². The summed E-state index contributed by atoms with van der Waals surface area (Å²) >= 11 is 1.46. The van der Waals surface area contributed by atoms with Crippen molar-refractivity contribution >= 4 is 11.8 Å². The Hall–Kier alpha value is -0.580. The first-order valence-electron chi connectivity index (χ1n) is 4.34. The van der Waals surface area contributed by atoms with Gasteiger partial charge >= 0.3 is 0 Å². The van der Waals surface area contributed by atoms with E-state index < -0.39 is 5.60 Å². The molecule has 0 aliphatic heterocycles. The molecule has 0 spiro atoms. The minimum absolute atomic E-state index is 0.223. The van der Waals surface area contributed by atoms with Crippen LogP contribution in [-0.2, 0) is 0 Å². The molecule has 1 aromatic rings. The maximum atomic E-state index is 12.5. The molecule has 1 rings (SSSR count). The monoisotopic (exact) mass is 215 g/mol. The number of aliphatic hydroxyl groups is 1. The molecule has 0 aliphatic rings. The molecule has 0 amide bonds. The van der Waals surface area contributed by atoms with E-state index in [-0.39, 0.29) is 12.4 Å². The van der Waals surface area contributed by atoms with Gasteiger partial charge < -0.3 is 10.8 Å². The van der Waals surface area contributed by atoms with E-state index in [2.05, 4.69) is 0 Å². The first-order valence-corrected chi connectivity index (χ1v) is 5.33. The van der Waals surface area contributed by atoms with Crippen LogP contribution in [0.25, 0.3) is 0 Å². The van der Waals surface area contributed by atoms with Gasteiger partial charge in [0.1, 0.15) is 5.82 Å². The van der Waals surface area contributed by atoms with Crippen LogP contribution < -0.4 is 5.73 Å². The van der Waals surface area contributed by atoms with Gasteiger partial charge in [-0.2, -0.15) is 0 Å². The van der Waals surface area contributed by atoms with Gasteiger partial charge in [0.25, 0.3) is 0 Å². The van der Waals surface area contributed by atoms with E-state index in [0.29, 0.717) is 5.75 Å². The molecule has 3 N–H and O–H groups in total. The zero-order valence-electron chi connectivity index (χ0n) is 8.03. The van der Waals surface area contributed by atoms with Crippen molar-refractivity contribution in [2.24, 2.45) is 5.73 Å². The highest BCUT2D eigenvalue weighted by atomic mass is 32.2. The quantitative estimate of drug-likeness (QED) is 0.750. The van der Waals surface area contributed by atoms with E-state index in [9.17, 15) is 9.50 Å². The largest absolute Gasteiger partial charge is 0.388 e. The number of hydrogen-bond acceptors (Lipinski definition) is 3. The van der Waals surface area contributed by atoms with Gasteiger partial charge in [0, 0.05) is 17.2 Å². The summed E-state index contributed by atoms with van der Waals surface area (Å²) in [6.07, 6.45) is 0. The maximum Gasteiger partial charge on any atom is 0.123 e. The Morgan fingerprint density at radius 1 is 1.43 bits per heavy atom. The van der Waals surface area contributed by atoms with Crippen molar-refractivity contribution < 1.29 is 9.50 Å². The normalized spacial score (nSPS) is 15.1. The molecule has 1 unspecified atom stereocenters. The summed E-state index contributed by atoms with van der Waals surface area (Å²) in [5, 5.41) is 9.62. The molecule has 1 atom stereocenters. The number of rotatable bonds is 4. The highest BCUT2D eigenvalue weighted by molar-refractivity contribution is 7.99. The van der Waals surface area contributed by atoms with Gasteiger partial charge in [-0.3, -0.25) is 0 Å². The van der Waals surface area contributed by atoms with Gasteiger partial charge in [-0.1, -0.05) is 0 Å². The molecule has 0 aromatic heterocycles. The molecule has 0 heterocycles. The zero-order valence-corrected chi connectivity index (χ0v) is 8.85. The summed E-state index contributed by atoms with van der Waals surface area (Å²) in [6.45, 7) is 1.91. The predicted octanol–water partition coefficient (Wildman–Crippen LogP) is 1.63. The second kappa shape index (κ2) is 4.77. The maximum absolute atomic E-state index is 12.5. The van der Waals surface area contributed by atoms with Gasteiger partial charge in [-0.15, -0.1) is 11.8 Å². The molecule has 1 aromatic carbocycles. The molecule has 0 saturated heterocycles. The van der Waals surface area contributed by atoms with Gasteiger partial charge in [0.15, 0.2) is 0 Å². The lowest BCUT2D eigenvalue weighted by Gasteiger charge is -2.20. The second-order valence-corrected chi connectivity index (χ2v) is 4.49. The summed E-state index contributed by atoms with van der Waals surface area (Å²) in [5.74, 6) is 0.259. The number of halogens is 1. The lowest BCUT2D eigenvalue weighted by molar-refractivity contribution is 0.0949. The molecule has 4 heteroatoms. The summed E-state index contributed by atoms with van der Waals surface area (Å²) in [4.78, 5) is 0.931. The SMILES string of the molecule is CC(O)(CN)CSc1ccc(F)cc1. The number of benzene rings is 1. The number of thioether (sulfide) groups is 1. The molecule has 2 nitrogen and oxygen atoms in total. The molecular formula is C10H14FNOS. The van der Waals surface area contributed by atoms with E-state index in [1.165, 1.54) is 23.9 Å². The van der Waals surface area contributed by atoms with E-state index in [1.54, 1.807) is 19.1 Å². The highest BCUT2D eigenvalue weighted by Crippen LogP contribution is 2.22. The lowest BCUT2D eigenvalue weighted by Crippen LogP contribution is -2.36. The van der Waals surface area contributed by atoms with Crippen molar-refractivity contribution in [2.75, 3.05) is 12.3 Å². The average molecular weight is 215 g/mol. The van der Waals surface area contributed by atoms with E-state index >= 15 is 0 Å². The fourth-order valence-electron chi connectivity index (χ4n) is 0.829. The fourth-order valence-corrected chi connectivity index (χ4v) is 1.75. The Morgan fingerprint density at radius 3 is 2.50 bits per heavy atom. The van der Waals surface area contributed by atoms with Crippen molar-refractivity contribution in [3.8, 4) is 0 Å². The van der Waals surface area contributed by atoms with Gasteiger partial charge in [0.2, 0.25) is 0 Å². The van der Waals surface area contributed by atoms with Crippen LogP contribution in [0.2, 0.25) is 0 Å². The van der Waals surface area contributed by atoms with Crippen LogP contribution >= 0.6 is 11.8 Å². The highest BCUT2D eigenvalue weighted by Gasteiger charge is 2.17. The van der Waals surface area contributed by atoms with E-state index in [0.717, 1.165) is 4.90 Å². The predicted molar refractivity (Wildman–Crippen MR) is 56.8 cm³/mol. The first kappa shape index (κ1) is 11.5. The van der Waals surface area contributed by atoms with Crippen molar-refractivity contribution in [2.45, 2.75) is 17.4 Å². The molecule has 78 valence electrons. The third-order valence-corrected chi connectivity index (χ3v) is 3.17. The molecule has 0 saturated carbocycles. The van der Waals surface area contributed by atoms with Crippen LogP contribution in [0.5, 0.6) is 0 Å². The Balaban J connectivity index is 2.50. The van der Waals surface area contributed by atoms with Gasteiger partial charge in [-0.05, 0) is 31.2 Å². The van der Waals surface area contributed by atoms with Crippen molar-refractivity contribution in [1.29, 1.82) is 0 Å². The molecular weight excluding hydrogens is 201 g/mol. The van der Waals surface area contributed by atoms with Crippen LogP contribution in [0.15, 0.2) is 29.2 Å². The van der Waals surface area contributed by atoms with Crippen LogP contribution in [0.4, 0.5) is 4.39 Å². The molecule has 0 radical (unpaired) electrons. The molecule has 0 bridgehead atoms. The van der Waals surface area contributed by atoms with Crippen LogP contribution in [0.3, 0.4) is 0 Å². The van der Waals surface area contributed by atoms with Crippen LogP contribution in [-0.4, -0.2) is 23.0 Å². The number of nitrogens with two attached hydrogens (primary N) is 1. The lowest BCUT2D eigenvalue weighted by atomic mass is 10.1. The third-order valence-electron chi connectivity index (χ3n) is 1.80. The standard InChI is InChI=1S/C10H14FNOS/c1-10(13,6-12)7-14-9-4-2-8(11)3-5-9/h2-5,13H,6-7,12H2,1H3. The minimum Gasteiger partial charge on any atom is -0.388 e. The number of hydrogen-bond donors (Lipinski definition) is 2. The summed E-state index contributed by atoms with van der Waals surface area (Å²) < 4.78 is 12.5. The Labute approximate surface area is 87.3 Å².